The minimum atomic E-state index is -0.848. The second-order valence-corrected chi connectivity index (χ2v) is 3.82. The van der Waals surface area contributed by atoms with E-state index in [0.717, 1.165) is 5.69 Å². The van der Waals surface area contributed by atoms with Gasteiger partial charge >= 0.3 is 0 Å². The SMILES string of the molecule is NC1=CNC=NC1(N)Cc1cscn1. The van der Waals surface area contributed by atoms with Crippen molar-refractivity contribution < 1.29 is 0 Å². The average Bonchev–Trinajstić information content (AvgIpc) is 2.63. The highest BCUT2D eigenvalue weighted by atomic mass is 32.1. The van der Waals surface area contributed by atoms with Crippen molar-refractivity contribution in [2.24, 2.45) is 16.5 Å². The molecule has 1 aliphatic heterocycles. The molecule has 0 amide bonds. The van der Waals surface area contributed by atoms with Gasteiger partial charge in [-0.2, -0.15) is 0 Å². The molecular formula is C8H11N5S. The van der Waals surface area contributed by atoms with E-state index >= 15 is 0 Å². The summed E-state index contributed by atoms with van der Waals surface area (Å²) in [7, 11) is 0. The van der Waals surface area contributed by atoms with Crippen molar-refractivity contribution in [1.29, 1.82) is 0 Å². The van der Waals surface area contributed by atoms with E-state index in [0.29, 0.717) is 12.1 Å². The van der Waals surface area contributed by atoms with Gasteiger partial charge in [0.25, 0.3) is 0 Å². The molecule has 0 saturated heterocycles. The molecule has 1 unspecified atom stereocenters. The zero-order valence-electron chi connectivity index (χ0n) is 7.47. The summed E-state index contributed by atoms with van der Waals surface area (Å²) in [5, 5.41) is 4.74. The molecule has 2 heterocycles. The van der Waals surface area contributed by atoms with E-state index in [1.807, 2.05) is 5.38 Å². The molecular weight excluding hydrogens is 198 g/mol. The molecule has 0 aromatic carbocycles. The van der Waals surface area contributed by atoms with E-state index in [1.54, 1.807) is 18.0 Å². The van der Waals surface area contributed by atoms with E-state index < -0.39 is 5.66 Å². The smallest absolute Gasteiger partial charge is 0.156 e. The summed E-state index contributed by atoms with van der Waals surface area (Å²) in [5.74, 6) is 0. The topological polar surface area (TPSA) is 89.3 Å². The zero-order chi connectivity index (χ0) is 10.0. The van der Waals surface area contributed by atoms with Gasteiger partial charge in [-0.1, -0.05) is 0 Å². The van der Waals surface area contributed by atoms with Gasteiger partial charge < -0.3 is 16.8 Å². The van der Waals surface area contributed by atoms with Gasteiger partial charge in [0.05, 0.1) is 23.2 Å². The molecule has 0 radical (unpaired) electrons. The first kappa shape index (κ1) is 9.17. The molecule has 74 valence electrons. The fourth-order valence-electron chi connectivity index (χ4n) is 1.23. The molecule has 0 saturated carbocycles. The fraction of sp³-hybridized carbons (Fsp3) is 0.250. The monoisotopic (exact) mass is 209 g/mol. The van der Waals surface area contributed by atoms with Gasteiger partial charge in [-0.05, 0) is 0 Å². The van der Waals surface area contributed by atoms with Crippen molar-refractivity contribution in [1.82, 2.24) is 10.3 Å². The van der Waals surface area contributed by atoms with E-state index in [-0.39, 0.29) is 0 Å². The van der Waals surface area contributed by atoms with Crippen molar-refractivity contribution in [3.8, 4) is 0 Å². The highest BCUT2D eigenvalue weighted by Gasteiger charge is 2.29. The van der Waals surface area contributed by atoms with Crippen molar-refractivity contribution in [3.05, 3.63) is 28.5 Å². The van der Waals surface area contributed by atoms with Crippen molar-refractivity contribution in [2.75, 3.05) is 0 Å². The van der Waals surface area contributed by atoms with Crippen LogP contribution in [0.5, 0.6) is 0 Å². The molecule has 1 aliphatic rings. The van der Waals surface area contributed by atoms with Crippen LogP contribution in [0.4, 0.5) is 0 Å². The first-order valence-electron chi connectivity index (χ1n) is 4.12. The number of nitrogens with zero attached hydrogens (tertiary/aromatic N) is 2. The molecule has 1 aromatic rings. The van der Waals surface area contributed by atoms with Gasteiger partial charge in [0.15, 0.2) is 5.66 Å². The quantitative estimate of drug-likeness (QED) is 0.627. The first-order chi connectivity index (χ1) is 6.71. The number of thiazole rings is 1. The van der Waals surface area contributed by atoms with Gasteiger partial charge in [0, 0.05) is 18.0 Å². The van der Waals surface area contributed by atoms with Crippen LogP contribution in [0.15, 0.2) is 27.8 Å². The normalized spacial score (nSPS) is 25.6. The summed E-state index contributed by atoms with van der Waals surface area (Å²) in [4.78, 5) is 8.28. The Kier molecular flexibility index (Phi) is 2.22. The van der Waals surface area contributed by atoms with Crippen LogP contribution in [0.3, 0.4) is 0 Å². The maximum atomic E-state index is 6.03. The lowest BCUT2D eigenvalue weighted by Crippen LogP contribution is -2.48. The molecule has 2 rings (SSSR count). The Morgan fingerprint density at radius 1 is 1.57 bits per heavy atom. The van der Waals surface area contributed by atoms with Crippen LogP contribution in [0.2, 0.25) is 0 Å². The van der Waals surface area contributed by atoms with Gasteiger partial charge in [0.2, 0.25) is 0 Å². The summed E-state index contributed by atoms with van der Waals surface area (Å²) in [6.07, 6.45) is 3.72. The zero-order valence-corrected chi connectivity index (χ0v) is 8.29. The van der Waals surface area contributed by atoms with Gasteiger partial charge in [-0.3, -0.25) is 0 Å². The standard InChI is InChI=1S/C8H11N5S/c9-7-2-11-4-13-8(7,10)1-6-3-14-5-12-6/h2-5H,1,9-10H2,(H,11,13). The Bertz CT molecular complexity index is 369. The maximum absolute atomic E-state index is 6.03. The predicted octanol–water partition coefficient (Wildman–Crippen LogP) is -0.228. The molecule has 1 atom stereocenters. The number of nitrogens with two attached hydrogens (primary N) is 2. The van der Waals surface area contributed by atoms with E-state index in [1.165, 1.54) is 11.3 Å². The second-order valence-electron chi connectivity index (χ2n) is 3.11. The number of rotatable bonds is 2. The lowest BCUT2D eigenvalue weighted by atomic mass is 10.0. The Hall–Kier alpha value is -1.40. The average molecular weight is 209 g/mol. The Balaban J connectivity index is 2.20. The Labute approximate surface area is 85.5 Å². The van der Waals surface area contributed by atoms with Crippen molar-refractivity contribution in [2.45, 2.75) is 12.1 Å². The fourth-order valence-corrected chi connectivity index (χ4v) is 1.79. The van der Waals surface area contributed by atoms with Crippen molar-refractivity contribution in [3.63, 3.8) is 0 Å². The van der Waals surface area contributed by atoms with Crippen LogP contribution in [0, 0.1) is 0 Å². The molecule has 0 aliphatic carbocycles. The largest absolute Gasteiger partial charge is 0.398 e. The maximum Gasteiger partial charge on any atom is 0.156 e. The van der Waals surface area contributed by atoms with Gasteiger partial charge in [-0.15, -0.1) is 11.3 Å². The van der Waals surface area contributed by atoms with Crippen LogP contribution in [0.25, 0.3) is 0 Å². The molecule has 6 heteroatoms. The van der Waals surface area contributed by atoms with Crippen LogP contribution >= 0.6 is 11.3 Å². The number of aliphatic imine (C=N–C) groups is 1. The van der Waals surface area contributed by atoms with E-state index in [2.05, 4.69) is 15.3 Å². The molecule has 14 heavy (non-hydrogen) atoms. The highest BCUT2D eigenvalue weighted by Crippen LogP contribution is 2.18. The summed E-state index contributed by atoms with van der Waals surface area (Å²) in [5.41, 5.74) is 14.1. The minimum Gasteiger partial charge on any atom is -0.398 e. The minimum absolute atomic E-state index is 0.521. The third-order valence-electron chi connectivity index (χ3n) is 2.04. The third-order valence-corrected chi connectivity index (χ3v) is 2.68. The van der Waals surface area contributed by atoms with Crippen LogP contribution in [0.1, 0.15) is 5.69 Å². The number of aromatic nitrogens is 1. The number of nitrogens with one attached hydrogen (secondary N) is 1. The Morgan fingerprint density at radius 3 is 3.07 bits per heavy atom. The van der Waals surface area contributed by atoms with Gasteiger partial charge in [0.1, 0.15) is 0 Å². The molecule has 0 fully saturated rings. The van der Waals surface area contributed by atoms with Crippen LogP contribution in [-0.2, 0) is 6.42 Å². The first-order valence-corrected chi connectivity index (χ1v) is 5.07. The van der Waals surface area contributed by atoms with Gasteiger partial charge in [-0.25, -0.2) is 9.98 Å². The number of hydrogen-bond acceptors (Lipinski definition) is 6. The third kappa shape index (κ3) is 1.61. The lowest BCUT2D eigenvalue weighted by molar-refractivity contribution is 0.501. The predicted molar refractivity (Wildman–Crippen MR) is 56.6 cm³/mol. The molecule has 0 bridgehead atoms. The van der Waals surface area contributed by atoms with Crippen molar-refractivity contribution >= 4 is 17.7 Å². The second kappa shape index (κ2) is 3.39. The molecule has 5 N–H and O–H groups in total. The summed E-state index contributed by atoms with van der Waals surface area (Å²) in [6.45, 7) is 0. The Morgan fingerprint density at radius 2 is 2.43 bits per heavy atom. The highest BCUT2D eigenvalue weighted by molar-refractivity contribution is 7.07. The van der Waals surface area contributed by atoms with E-state index in [4.69, 9.17) is 11.5 Å². The molecule has 5 nitrogen and oxygen atoms in total. The summed E-state index contributed by atoms with van der Waals surface area (Å²) < 4.78 is 0. The summed E-state index contributed by atoms with van der Waals surface area (Å²) in [6, 6.07) is 0. The lowest BCUT2D eigenvalue weighted by Gasteiger charge is -2.27. The molecule has 1 aromatic heterocycles. The number of hydrogen-bond donors (Lipinski definition) is 3. The van der Waals surface area contributed by atoms with E-state index in [9.17, 15) is 0 Å². The summed E-state index contributed by atoms with van der Waals surface area (Å²) >= 11 is 1.53. The molecule has 0 spiro atoms. The van der Waals surface area contributed by atoms with Crippen LogP contribution in [-0.4, -0.2) is 17.0 Å². The van der Waals surface area contributed by atoms with Crippen LogP contribution < -0.4 is 16.8 Å².